The predicted octanol–water partition coefficient (Wildman–Crippen LogP) is 1.03. The third kappa shape index (κ3) is 2.43. The van der Waals surface area contributed by atoms with E-state index >= 15 is 0 Å². The summed E-state index contributed by atoms with van der Waals surface area (Å²) in [7, 11) is 3.77. The molecular weight excluding hydrogens is 322 g/mol. The standard InChI is InChI=1S/C17H21N5O3/c1-20-11-12(10-18-20)13-9-15(23)21(2)17(13)4-7-22(8-5-17)16(24)14-3-6-19-25-14/h3,6,10-11,13H,4-5,7-9H2,1-2H3/t13-/m0/s1. The molecule has 0 bridgehead atoms. The highest BCUT2D eigenvalue weighted by molar-refractivity contribution is 5.91. The number of hydrogen-bond donors (Lipinski definition) is 0. The van der Waals surface area contributed by atoms with E-state index in [1.165, 1.54) is 6.20 Å². The molecule has 0 aromatic carbocycles. The summed E-state index contributed by atoms with van der Waals surface area (Å²) in [6.07, 6.45) is 7.30. The summed E-state index contributed by atoms with van der Waals surface area (Å²) in [4.78, 5) is 28.6. The minimum atomic E-state index is -0.252. The van der Waals surface area contributed by atoms with Crippen molar-refractivity contribution in [1.82, 2.24) is 24.7 Å². The van der Waals surface area contributed by atoms with Gasteiger partial charge in [0.25, 0.3) is 5.91 Å². The second-order valence-corrected chi connectivity index (χ2v) is 6.93. The van der Waals surface area contributed by atoms with Crippen molar-refractivity contribution in [2.24, 2.45) is 7.05 Å². The molecule has 0 radical (unpaired) electrons. The number of rotatable bonds is 2. The van der Waals surface area contributed by atoms with Crippen molar-refractivity contribution >= 4 is 11.8 Å². The van der Waals surface area contributed by atoms with Crippen molar-refractivity contribution in [3.8, 4) is 0 Å². The van der Waals surface area contributed by atoms with E-state index in [9.17, 15) is 9.59 Å². The number of carbonyl (C=O) groups is 2. The lowest BCUT2D eigenvalue weighted by molar-refractivity contribution is -0.130. The van der Waals surface area contributed by atoms with Crippen molar-refractivity contribution < 1.29 is 14.1 Å². The number of likely N-dealkylation sites (tertiary alicyclic amines) is 2. The van der Waals surface area contributed by atoms with Gasteiger partial charge in [0.1, 0.15) is 0 Å². The van der Waals surface area contributed by atoms with E-state index in [1.807, 2.05) is 31.4 Å². The summed E-state index contributed by atoms with van der Waals surface area (Å²) >= 11 is 0. The van der Waals surface area contributed by atoms with Crippen molar-refractivity contribution in [2.75, 3.05) is 20.1 Å². The van der Waals surface area contributed by atoms with Crippen LogP contribution in [0.4, 0.5) is 0 Å². The van der Waals surface area contributed by atoms with Crippen molar-refractivity contribution in [3.05, 3.63) is 36.0 Å². The minimum Gasteiger partial charge on any atom is -0.351 e. The first kappa shape index (κ1) is 15.9. The maximum Gasteiger partial charge on any atom is 0.292 e. The second-order valence-electron chi connectivity index (χ2n) is 6.93. The lowest BCUT2D eigenvalue weighted by Crippen LogP contribution is -2.55. The highest BCUT2D eigenvalue weighted by Crippen LogP contribution is 2.48. The zero-order valence-electron chi connectivity index (χ0n) is 14.4. The summed E-state index contributed by atoms with van der Waals surface area (Å²) in [5, 5.41) is 7.87. The molecular formula is C17H21N5O3. The Morgan fingerprint density at radius 3 is 2.68 bits per heavy atom. The fourth-order valence-corrected chi connectivity index (χ4v) is 4.29. The zero-order chi connectivity index (χ0) is 17.6. The Bertz CT molecular complexity index is 789. The lowest BCUT2D eigenvalue weighted by atomic mass is 9.74. The topological polar surface area (TPSA) is 84.5 Å². The molecule has 4 heterocycles. The largest absolute Gasteiger partial charge is 0.351 e. The van der Waals surface area contributed by atoms with Gasteiger partial charge in [-0.1, -0.05) is 5.16 Å². The van der Waals surface area contributed by atoms with Crippen molar-refractivity contribution in [1.29, 1.82) is 0 Å². The third-order valence-electron chi connectivity index (χ3n) is 5.76. The van der Waals surface area contributed by atoms with Crippen LogP contribution >= 0.6 is 0 Å². The first-order valence-corrected chi connectivity index (χ1v) is 8.46. The number of amides is 2. The smallest absolute Gasteiger partial charge is 0.292 e. The molecule has 2 saturated heterocycles. The molecule has 132 valence electrons. The summed E-state index contributed by atoms with van der Waals surface area (Å²) in [6.45, 7) is 1.18. The Balaban J connectivity index is 1.56. The summed E-state index contributed by atoms with van der Waals surface area (Å²) in [5.41, 5.74) is 0.841. The monoisotopic (exact) mass is 343 g/mol. The van der Waals surface area contributed by atoms with E-state index in [2.05, 4.69) is 10.3 Å². The Morgan fingerprint density at radius 1 is 1.32 bits per heavy atom. The van der Waals surface area contributed by atoms with Crippen LogP contribution < -0.4 is 0 Å². The highest BCUT2D eigenvalue weighted by atomic mass is 16.5. The van der Waals surface area contributed by atoms with Crippen LogP contribution in [-0.2, 0) is 11.8 Å². The fourth-order valence-electron chi connectivity index (χ4n) is 4.29. The van der Waals surface area contributed by atoms with Crippen LogP contribution in [-0.4, -0.2) is 62.2 Å². The van der Waals surface area contributed by atoms with Crippen LogP contribution in [0, 0.1) is 0 Å². The average molecular weight is 343 g/mol. The molecule has 2 amide bonds. The molecule has 2 aromatic heterocycles. The minimum absolute atomic E-state index is 0.112. The van der Waals surface area contributed by atoms with Gasteiger partial charge in [-0.15, -0.1) is 0 Å². The number of likely N-dealkylation sites (N-methyl/N-ethyl adjacent to an activating group) is 1. The van der Waals surface area contributed by atoms with E-state index in [0.717, 1.165) is 18.4 Å². The molecule has 2 aliphatic rings. The number of carbonyl (C=O) groups excluding carboxylic acids is 2. The molecule has 8 heteroatoms. The number of aryl methyl sites for hydroxylation is 1. The molecule has 8 nitrogen and oxygen atoms in total. The molecule has 25 heavy (non-hydrogen) atoms. The van der Waals surface area contributed by atoms with Gasteiger partial charge in [0, 0.05) is 51.8 Å². The SMILES string of the molecule is CN1C(=O)C[C@@H](c2cnn(C)c2)C12CCN(C(=O)c1ccno1)CC2. The van der Waals surface area contributed by atoms with E-state index in [0.29, 0.717) is 19.5 Å². The Labute approximate surface area is 145 Å². The summed E-state index contributed by atoms with van der Waals surface area (Å²) in [6, 6.07) is 1.58. The normalized spacial score (nSPS) is 22.8. The number of nitrogens with zero attached hydrogens (tertiary/aromatic N) is 5. The van der Waals surface area contributed by atoms with Gasteiger partial charge in [-0.25, -0.2) is 0 Å². The predicted molar refractivity (Wildman–Crippen MR) is 87.7 cm³/mol. The highest BCUT2D eigenvalue weighted by Gasteiger charge is 2.53. The second kappa shape index (κ2) is 5.72. The van der Waals surface area contributed by atoms with E-state index in [1.54, 1.807) is 15.6 Å². The molecule has 1 spiro atoms. The molecule has 1 atom stereocenters. The first-order valence-electron chi connectivity index (χ1n) is 8.46. The van der Waals surface area contributed by atoms with Crippen LogP contribution in [0.3, 0.4) is 0 Å². The van der Waals surface area contributed by atoms with Crippen LogP contribution in [0.1, 0.15) is 41.3 Å². The molecule has 0 N–H and O–H groups in total. The van der Waals surface area contributed by atoms with Crippen LogP contribution in [0.5, 0.6) is 0 Å². The van der Waals surface area contributed by atoms with Gasteiger partial charge in [-0.05, 0) is 18.4 Å². The number of piperidine rings is 1. The Hall–Kier alpha value is -2.64. The number of aromatic nitrogens is 3. The van der Waals surface area contributed by atoms with Crippen molar-refractivity contribution in [3.63, 3.8) is 0 Å². The molecule has 4 rings (SSSR count). The average Bonchev–Trinajstić information content (AvgIpc) is 3.33. The van der Waals surface area contributed by atoms with E-state index in [-0.39, 0.29) is 29.0 Å². The van der Waals surface area contributed by atoms with Gasteiger partial charge in [0.15, 0.2) is 0 Å². The molecule has 2 fully saturated rings. The fraction of sp³-hybridized carbons (Fsp3) is 0.529. The zero-order valence-corrected chi connectivity index (χ0v) is 14.4. The first-order chi connectivity index (χ1) is 12.0. The summed E-state index contributed by atoms with van der Waals surface area (Å²) < 4.78 is 6.75. The Morgan fingerprint density at radius 2 is 2.08 bits per heavy atom. The molecule has 0 unspecified atom stereocenters. The van der Waals surface area contributed by atoms with Gasteiger partial charge in [0.05, 0.1) is 17.9 Å². The van der Waals surface area contributed by atoms with E-state index in [4.69, 9.17) is 4.52 Å². The lowest BCUT2D eigenvalue weighted by Gasteiger charge is -2.46. The molecule has 0 saturated carbocycles. The quantitative estimate of drug-likeness (QED) is 0.813. The van der Waals surface area contributed by atoms with Crippen LogP contribution in [0.15, 0.2) is 29.2 Å². The van der Waals surface area contributed by atoms with Crippen LogP contribution in [0.25, 0.3) is 0 Å². The Kier molecular flexibility index (Phi) is 3.63. The van der Waals surface area contributed by atoms with Gasteiger partial charge < -0.3 is 14.3 Å². The maximum atomic E-state index is 12.5. The third-order valence-corrected chi connectivity index (χ3v) is 5.76. The van der Waals surface area contributed by atoms with Gasteiger partial charge in [-0.2, -0.15) is 5.10 Å². The molecule has 0 aliphatic carbocycles. The van der Waals surface area contributed by atoms with E-state index < -0.39 is 0 Å². The number of hydrogen-bond acceptors (Lipinski definition) is 5. The molecule has 2 aliphatic heterocycles. The van der Waals surface area contributed by atoms with Gasteiger partial charge in [-0.3, -0.25) is 14.3 Å². The van der Waals surface area contributed by atoms with Crippen LogP contribution in [0.2, 0.25) is 0 Å². The summed E-state index contributed by atoms with van der Waals surface area (Å²) in [5.74, 6) is 0.387. The van der Waals surface area contributed by atoms with Crippen molar-refractivity contribution in [2.45, 2.75) is 30.7 Å². The van der Waals surface area contributed by atoms with Gasteiger partial charge in [0.2, 0.25) is 11.7 Å². The maximum absolute atomic E-state index is 12.5. The van der Waals surface area contributed by atoms with Gasteiger partial charge >= 0.3 is 0 Å². The molecule has 2 aromatic rings.